The Bertz CT molecular complexity index is 1220. The fourth-order valence-electron chi connectivity index (χ4n) is 3.78. The molecule has 3 aromatic carbocycles. The molecule has 6 heteroatoms. The number of carbonyl (C=O) groups is 1. The van der Waals surface area contributed by atoms with E-state index >= 15 is 0 Å². The molecule has 4 aromatic rings. The maximum atomic E-state index is 13.0. The molecule has 0 radical (unpaired) electrons. The largest absolute Gasteiger partial charge is 0.325 e. The van der Waals surface area contributed by atoms with Crippen LogP contribution in [0.1, 0.15) is 50.8 Å². The Morgan fingerprint density at radius 3 is 2.03 bits per heavy atom. The van der Waals surface area contributed by atoms with Gasteiger partial charge in [-0.2, -0.15) is 0 Å². The van der Waals surface area contributed by atoms with Crippen molar-refractivity contribution in [1.82, 2.24) is 14.8 Å². The van der Waals surface area contributed by atoms with Crippen molar-refractivity contribution < 1.29 is 4.79 Å². The monoisotopic (exact) mass is 470 g/mol. The van der Waals surface area contributed by atoms with E-state index < -0.39 is 0 Å². The molecule has 2 atom stereocenters. The molecule has 0 spiro atoms. The first-order valence-electron chi connectivity index (χ1n) is 11.6. The first kappa shape index (κ1) is 23.8. The van der Waals surface area contributed by atoms with Crippen LogP contribution in [-0.4, -0.2) is 25.9 Å². The molecule has 0 saturated carbocycles. The highest BCUT2D eigenvalue weighted by Gasteiger charge is 2.24. The first-order chi connectivity index (χ1) is 16.4. The van der Waals surface area contributed by atoms with Crippen LogP contribution in [0.2, 0.25) is 0 Å². The van der Waals surface area contributed by atoms with Crippen LogP contribution in [0.3, 0.4) is 0 Å². The lowest BCUT2D eigenvalue weighted by Crippen LogP contribution is -2.23. The average Bonchev–Trinajstić information content (AvgIpc) is 3.28. The number of nitrogens with one attached hydrogen (secondary N) is 1. The maximum Gasteiger partial charge on any atom is 0.237 e. The van der Waals surface area contributed by atoms with Crippen molar-refractivity contribution in [3.05, 3.63) is 96.1 Å². The summed E-state index contributed by atoms with van der Waals surface area (Å²) >= 11 is 1.42. The predicted octanol–water partition coefficient (Wildman–Crippen LogP) is 6.80. The molecule has 34 heavy (non-hydrogen) atoms. The van der Waals surface area contributed by atoms with Gasteiger partial charge >= 0.3 is 0 Å². The molecule has 0 aliphatic carbocycles. The van der Waals surface area contributed by atoms with Gasteiger partial charge in [0.15, 0.2) is 11.0 Å². The fraction of sp³-hybridized carbons (Fsp3) is 0.250. The summed E-state index contributed by atoms with van der Waals surface area (Å²) in [5, 5.41) is 12.4. The van der Waals surface area contributed by atoms with Crippen molar-refractivity contribution in [2.24, 2.45) is 0 Å². The van der Waals surface area contributed by atoms with Gasteiger partial charge in [0.25, 0.3) is 0 Å². The average molecular weight is 471 g/mol. The summed E-state index contributed by atoms with van der Waals surface area (Å²) in [4.78, 5) is 13.0. The van der Waals surface area contributed by atoms with E-state index in [1.165, 1.54) is 17.3 Å². The topological polar surface area (TPSA) is 59.8 Å². The molecule has 0 aliphatic heterocycles. The Hall–Kier alpha value is -3.38. The van der Waals surface area contributed by atoms with Crippen molar-refractivity contribution in [2.45, 2.75) is 50.1 Å². The van der Waals surface area contributed by atoms with Gasteiger partial charge in [-0.15, -0.1) is 10.2 Å². The van der Waals surface area contributed by atoms with Crippen molar-refractivity contribution >= 4 is 23.4 Å². The summed E-state index contributed by atoms with van der Waals surface area (Å²) in [7, 11) is 0. The lowest BCUT2D eigenvalue weighted by atomic mass is 10.0. The molecule has 0 fully saturated rings. The van der Waals surface area contributed by atoms with Gasteiger partial charge in [-0.1, -0.05) is 98.4 Å². The molecule has 1 heterocycles. The highest BCUT2D eigenvalue weighted by Crippen LogP contribution is 2.33. The van der Waals surface area contributed by atoms with Crippen LogP contribution in [-0.2, 0) is 4.79 Å². The zero-order valence-corrected chi connectivity index (χ0v) is 20.8. The second-order valence-electron chi connectivity index (χ2n) is 8.65. The zero-order chi connectivity index (χ0) is 24.1. The van der Waals surface area contributed by atoms with Crippen molar-refractivity contribution in [3.8, 4) is 11.4 Å². The van der Waals surface area contributed by atoms with E-state index in [-0.39, 0.29) is 17.2 Å². The van der Waals surface area contributed by atoms with E-state index in [0.717, 1.165) is 22.6 Å². The molecule has 1 N–H and O–H groups in total. The van der Waals surface area contributed by atoms with Gasteiger partial charge in [-0.05, 0) is 43.0 Å². The van der Waals surface area contributed by atoms with Crippen LogP contribution >= 0.6 is 11.8 Å². The highest BCUT2D eigenvalue weighted by molar-refractivity contribution is 8.00. The number of benzene rings is 3. The number of hydrogen-bond donors (Lipinski definition) is 1. The van der Waals surface area contributed by atoms with E-state index in [2.05, 4.69) is 65.1 Å². The minimum Gasteiger partial charge on any atom is -0.325 e. The maximum absolute atomic E-state index is 13.0. The minimum atomic E-state index is -0.348. The number of rotatable bonds is 8. The standard InChI is InChI=1S/C28H30N4OS/c1-19(2)22-15-17-25(18-16-22)29-27(33)21(4)34-28-31-30-26(24-13-9-6-10-14-24)32(28)20(3)23-11-7-5-8-12-23/h5-21H,1-4H3,(H,29,33). The summed E-state index contributed by atoms with van der Waals surface area (Å²) < 4.78 is 2.12. The molecular weight excluding hydrogens is 440 g/mol. The Kier molecular flexibility index (Phi) is 7.48. The third kappa shape index (κ3) is 5.39. The van der Waals surface area contributed by atoms with Crippen LogP contribution in [0.15, 0.2) is 90.1 Å². The number of amides is 1. The quantitative estimate of drug-likeness (QED) is 0.288. The Morgan fingerprint density at radius 2 is 1.41 bits per heavy atom. The molecule has 4 rings (SSSR count). The van der Waals surface area contributed by atoms with Gasteiger partial charge in [0, 0.05) is 11.3 Å². The van der Waals surface area contributed by atoms with Crippen LogP contribution < -0.4 is 5.32 Å². The van der Waals surface area contributed by atoms with E-state index in [1.807, 2.05) is 67.6 Å². The smallest absolute Gasteiger partial charge is 0.237 e. The second kappa shape index (κ2) is 10.7. The third-order valence-corrected chi connectivity index (χ3v) is 6.92. The Balaban J connectivity index is 1.58. The first-order valence-corrected chi connectivity index (χ1v) is 12.4. The summed E-state index contributed by atoms with van der Waals surface area (Å²) in [5.41, 5.74) is 4.19. The van der Waals surface area contributed by atoms with Gasteiger partial charge in [0.1, 0.15) is 0 Å². The molecular formula is C28H30N4OS. The van der Waals surface area contributed by atoms with Gasteiger partial charge in [0.05, 0.1) is 11.3 Å². The number of nitrogens with zero attached hydrogens (tertiary/aromatic N) is 3. The Morgan fingerprint density at radius 1 is 0.794 bits per heavy atom. The normalized spacial score (nSPS) is 13.0. The van der Waals surface area contributed by atoms with E-state index in [0.29, 0.717) is 11.1 Å². The molecule has 0 aliphatic rings. The number of aromatic nitrogens is 3. The molecule has 0 bridgehead atoms. The van der Waals surface area contributed by atoms with Crippen LogP contribution in [0.5, 0.6) is 0 Å². The molecule has 0 saturated heterocycles. The molecule has 1 amide bonds. The third-order valence-electron chi connectivity index (χ3n) is 5.86. The Labute approximate surface area is 205 Å². The van der Waals surface area contributed by atoms with Crippen molar-refractivity contribution in [2.75, 3.05) is 5.32 Å². The van der Waals surface area contributed by atoms with E-state index in [9.17, 15) is 4.79 Å². The second-order valence-corrected chi connectivity index (χ2v) is 9.96. The minimum absolute atomic E-state index is 0.00717. The van der Waals surface area contributed by atoms with Gasteiger partial charge in [-0.3, -0.25) is 9.36 Å². The van der Waals surface area contributed by atoms with Crippen molar-refractivity contribution in [1.29, 1.82) is 0 Å². The van der Waals surface area contributed by atoms with Gasteiger partial charge in [0.2, 0.25) is 5.91 Å². The molecule has 1 aromatic heterocycles. The number of anilines is 1. The van der Waals surface area contributed by atoms with Gasteiger partial charge in [-0.25, -0.2) is 0 Å². The molecule has 2 unspecified atom stereocenters. The van der Waals surface area contributed by atoms with E-state index in [1.54, 1.807) is 0 Å². The summed E-state index contributed by atoms with van der Waals surface area (Å²) in [6, 6.07) is 28.4. The lowest BCUT2D eigenvalue weighted by molar-refractivity contribution is -0.115. The SMILES string of the molecule is CC(Sc1nnc(-c2ccccc2)n1C(C)c1ccccc1)C(=O)Nc1ccc(C(C)C)cc1. The summed E-state index contributed by atoms with van der Waals surface area (Å²) in [5.74, 6) is 1.18. The van der Waals surface area contributed by atoms with Gasteiger partial charge < -0.3 is 5.32 Å². The highest BCUT2D eigenvalue weighted by atomic mass is 32.2. The fourth-order valence-corrected chi connectivity index (χ4v) is 4.71. The van der Waals surface area contributed by atoms with Crippen molar-refractivity contribution in [3.63, 3.8) is 0 Å². The van der Waals surface area contributed by atoms with E-state index in [4.69, 9.17) is 0 Å². The zero-order valence-electron chi connectivity index (χ0n) is 20.0. The number of thioether (sulfide) groups is 1. The van der Waals surface area contributed by atoms with Crippen LogP contribution in [0.25, 0.3) is 11.4 Å². The van der Waals surface area contributed by atoms with Crippen LogP contribution in [0, 0.1) is 0 Å². The van der Waals surface area contributed by atoms with Crippen LogP contribution in [0.4, 0.5) is 5.69 Å². The lowest BCUT2D eigenvalue weighted by Gasteiger charge is -2.20. The number of carbonyl (C=O) groups excluding carboxylic acids is 1. The number of hydrogen-bond acceptors (Lipinski definition) is 4. The molecule has 174 valence electrons. The predicted molar refractivity (Wildman–Crippen MR) is 140 cm³/mol. The summed E-state index contributed by atoms with van der Waals surface area (Å²) in [6.45, 7) is 8.35. The summed E-state index contributed by atoms with van der Waals surface area (Å²) in [6.07, 6.45) is 0. The molecule has 5 nitrogen and oxygen atoms in total.